The van der Waals surface area contributed by atoms with Gasteiger partial charge in [0.2, 0.25) is 0 Å². The van der Waals surface area contributed by atoms with Crippen LogP contribution in [0.1, 0.15) is 37.8 Å². The van der Waals surface area contributed by atoms with Crippen LogP contribution in [0.2, 0.25) is 0 Å². The van der Waals surface area contributed by atoms with E-state index in [2.05, 4.69) is 35.4 Å². The van der Waals surface area contributed by atoms with Gasteiger partial charge in [0.05, 0.1) is 4.21 Å². The molecule has 2 heterocycles. The highest BCUT2D eigenvalue weighted by atomic mass is 32.2. The fraction of sp³-hybridized carbons (Fsp3) is 0.667. The van der Waals surface area contributed by atoms with Gasteiger partial charge in [0.1, 0.15) is 0 Å². The lowest BCUT2D eigenvalue weighted by molar-refractivity contribution is 0.476. The van der Waals surface area contributed by atoms with Crippen LogP contribution in [-0.4, -0.2) is 11.8 Å². The molecule has 82 valence electrons. The highest BCUT2D eigenvalue weighted by molar-refractivity contribution is 8.01. The van der Waals surface area contributed by atoms with Gasteiger partial charge in [0.15, 0.2) is 0 Å². The molecule has 1 aromatic rings. The predicted molar refractivity (Wildman–Crippen MR) is 67.7 cm³/mol. The van der Waals surface area contributed by atoms with Gasteiger partial charge in [-0.2, -0.15) is 0 Å². The number of nitrogens with one attached hydrogen (secondary N) is 1. The molecule has 1 fully saturated rings. The molecule has 0 aromatic carbocycles. The Kier molecular flexibility index (Phi) is 2.79. The highest BCUT2D eigenvalue weighted by Gasteiger charge is 2.28. The van der Waals surface area contributed by atoms with Crippen molar-refractivity contribution in [1.29, 1.82) is 0 Å². The van der Waals surface area contributed by atoms with E-state index in [-0.39, 0.29) is 0 Å². The molecule has 1 saturated carbocycles. The molecule has 0 amide bonds. The third kappa shape index (κ3) is 2.24. The molecule has 1 aliphatic heterocycles. The van der Waals surface area contributed by atoms with Gasteiger partial charge in [-0.05, 0) is 48.7 Å². The maximum absolute atomic E-state index is 3.75. The van der Waals surface area contributed by atoms with Crippen molar-refractivity contribution in [2.75, 3.05) is 6.54 Å². The van der Waals surface area contributed by atoms with Crippen LogP contribution in [0.4, 0.5) is 0 Å². The molecule has 1 nitrogen and oxygen atoms in total. The summed E-state index contributed by atoms with van der Waals surface area (Å²) < 4.78 is 1.54. The summed E-state index contributed by atoms with van der Waals surface area (Å²) in [6, 6.07) is 2.94. The lowest BCUT2D eigenvalue weighted by atomic mass is 10.0. The van der Waals surface area contributed by atoms with Gasteiger partial charge in [0, 0.05) is 11.3 Å². The normalized spacial score (nSPS) is 30.2. The second-order valence-corrected chi connectivity index (χ2v) is 7.36. The standard InChI is InChI=1S/C12H17NS2/c1-8-6-11(13-7-9-2-3-9)10-4-5-14-12(10)15-8/h4-5,8-9,11,13H,2-3,6-7H2,1H3/t8-,11?/m0/s1. The second kappa shape index (κ2) is 4.11. The van der Waals surface area contributed by atoms with Gasteiger partial charge in [0.25, 0.3) is 0 Å². The largest absolute Gasteiger partial charge is 0.310 e. The SMILES string of the molecule is C[C@H]1CC(NCC2CC2)c2ccsc2S1. The summed E-state index contributed by atoms with van der Waals surface area (Å²) in [6.45, 7) is 3.58. The molecule has 3 heteroatoms. The number of hydrogen-bond acceptors (Lipinski definition) is 3. The Balaban J connectivity index is 1.71. The average Bonchev–Trinajstić information content (AvgIpc) is 2.92. The highest BCUT2D eigenvalue weighted by Crippen LogP contribution is 2.44. The van der Waals surface area contributed by atoms with Crippen LogP contribution in [0.5, 0.6) is 0 Å². The minimum Gasteiger partial charge on any atom is -0.310 e. The Morgan fingerprint density at radius 1 is 1.47 bits per heavy atom. The smallest absolute Gasteiger partial charge is 0.0649 e. The molecular formula is C12H17NS2. The Morgan fingerprint density at radius 2 is 2.33 bits per heavy atom. The summed E-state index contributed by atoms with van der Waals surface area (Å²) in [7, 11) is 0. The number of hydrogen-bond donors (Lipinski definition) is 1. The number of rotatable bonds is 3. The number of thiophene rings is 1. The Hall–Kier alpha value is 0.01000. The van der Waals surface area contributed by atoms with E-state index in [0.717, 1.165) is 11.2 Å². The summed E-state index contributed by atoms with van der Waals surface area (Å²) in [4.78, 5) is 0. The lowest BCUT2D eigenvalue weighted by Gasteiger charge is -2.27. The van der Waals surface area contributed by atoms with Gasteiger partial charge in [-0.3, -0.25) is 0 Å². The lowest BCUT2D eigenvalue weighted by Crippen LogP contribution is -2.27. The first-order valence-corrected chi connectivity index (χ1v) is 7.56. The van der Waals surface area contributed by atoms with Crippen molar-refractivity contribution in [2.24, 2.45) is 5.92 Å². The second-order valence-electron chi connectivity index (χ2n) is 4.73. The van der Waals surface area contributed by atoms with Crippen LogP contribution in [0.25, 0.3) is 0 Å². The fourth-order valence-electron chi connectivity index (χ4n) is 2.17. The molecule has 15 heavy (non-hydrogen) atoms. The van der Waals surface area contributed by atoms with Crippen molar-refractivity contribution in [3.05, 3.63) is 17.0 Å². The van der Waals surface area contributed by atoms with Crippen LogP contribution >= 0.6 is 23.1 Å². The van der Waals surface area contributed by atoms with E-state index in [1.807, 2.05) is 11.3 Å². The van der Waals surface area contributed by atoms with Gasteiger partial charge >= 0.3 is 0 Å². The summed E-state index contributed by atoms with van der Waals surface area (Å²) in [6.07, 6.45) is 4.18. The van der Waals surface area contributed by atoms with Crippen LogP contribution in [0.3, 0.4) is 0 Å². The average molecular weight is 239 g/mol. The van der Waals surface area contributed by atoms with Gasteiger partial charge < -0.3 is 5.32 Å². The van der Waals surface area contributed by atoms with Crippen LogP contribution in [0, 0.1) is 5.92 Å². The van der Waals surface area contributed by atoms with E-state index in [1.165, 1.54) is 25.8 Å². The third-order valence-corrected chi connectivity index (χ3v) is 5.60. The molecule has 1 N–H and O–H groups in total. The van der Waals surface area contributed by atoms with Crippen molar-refractivity contribution >= 4 is 23.1 Å². The number of fused-ring (bicyclic) bond motifs is 1. The first kappa shape index (κ1) is 10.2. The van der Waals surface area contributed by atoms with E-state index in [0.29, 0.717) is 6.04 Å². The predicted octanol–water partition coefficient (Wildman–Crippen LogP) is 3.67. The van der Waals surface area contributed by atoms with Crippen molar-refractivity contribution < 1.29 is 0 Å². The molecule has 0 spiro atoms. The molecule has 1 aliphatic carbocycles. The van der Waals surface area contributed by atoms with Gasteiger partial charge in [-0.25, -0.2) is 0 Å². The van der Waals surface area contributed by atoms with Crippen LogP contribution in [-0.2, 0) is 0 Å². The van der Waals surface area contributed by atoms with E-state index in [1.54, 1.807) is 9.77 Å². The monoisotopic (exact) mass is 239 g/mol. The zero-order valence-corrected chi connectivity index (χ0v) is 10.7. The Morgan fingerprint density at radius 3 is 3.13 bits per heavy atom. The minimum absolute atomic E-state index is 0.628. The summed E-state index contributed by atoms with van der Waals surface area (Å²) in [5, 5.41) is 6.76. The van der Waals surface area contributed by atoms with Crippen molar-refractivity contribution in [2.45, 2.75) is 41.7 Å². The third-order valence-electron chi connectivity index (χ3n) is 3.26. The Labute approximate surface area is 99.7 Å². The summed E-state index contributed by atoms with van der Waals surface area (Å²) >= 11 is 3.96. The van der Waals surface area contributed by atoms with Crippen molar-refractivity contribution in [3.63, 3.8) is 0 Å². The minimum atomic E-state index is 0.628. The maximum Gasteiger partial charge on any atom is 0.0649 e. The molecule has 1 unspecified atom stereocenters. The molecular weight excluding hydrogens is 222 g/mol. The van der Waals surface area contributed by atoms with E-state index >= 15 is 0 Å². The zero-order valence-electron chi connectivity index (χ0n) is 9.03. The fourth-order valence-corrected chi connectivity index (χ4v) is 4.74. The van der Waals surface area contributed by atoms with Gasteiger partial charge in [-0.1, -0.05) is 6.92 Å². The van der Waals surface area contributed by atoms with Crippen molar-refractivity contribution in [3.8, 4) is 0 Å². The van der Waals surface area contributed by atoms with E-state index < -0.39 is 0 Å². The van der Waals surface area contributed by atoms with E-state index in [9.17, 15) is 0 Å². The van der Waals surface area contributed by atoms with Crippen LogP contribution < -0.4 is 5.32 Å². The summed E-state index contributed by atoms with van der Waals surface area (Å²) in [5.41, 5.74) is 1.56. The topological polar surface area (TPSA) is 12.0 Å². The van der Waals surface area contributed by atoms with Crippen molar-refractivity contribution in [1.82, 2.24) is 5.32 Å². The molecule has 0 bridgehead atoms. The zero-order chi connectivity index (χ0) is 10.3. The summed E-state index contributed by atoms with van der Waals surface area (Å²) in [5.74, 6) is 0.983. The molecule has 3 rings (SSSR count). The first-order chi connectivity index (χ1) is 7.33. The Bertz CT molecular complexity index is 343. The molecule has 2 atom stereocenters. The molecule has 1 aromatic heterocycles. The first-order valence-electron chi connectivity index (χ1n) is 5.80. The quantitative estimate of drug-likeness (QED) is 0.863. The van der Waals surface area contributed by atoms with Gasteiger partial charge in [-0.15, -0.1) is 23.1 Å². The molecule has 0 saturated heterocycles. The van der Waals surface area contributed by atoms with Crippen LogP contribution in [0.15, 0.2) is 15.7 Å². The van der Waals surface area contributed by atoms with E-state index in [4.69, 9.17) is 0 Å². The molecule has 2 aliphatic rings. The maximum atomic E-state index is 3.75. The number of thioether (sulfide) groups is 1. The molecule has 0 radical (unpaired) electrons.